The first kappa shape index (κ1) is 26.5. The van der Waals surface area contributed by atoms with Gasteiger partial charge in [0, 0.05) is 28.7 Å². The van der Waals surface area contributed by atoms with Gasteiger partial charge < -0.3 is 18.9 Å². The van der Waals surface area contributed by atoms with Gasteiger partial charge in [0.05, 0.1) is 25.0 Å². The molecule has 0 bridgehead atoms. The minimum Gasteiger partial charge on any atom is -0.489 e. The average molecular weight is 516 g/mol. The van der Waals surface area contributed by atoms with Crippen LogP contribution in [0.2, 0.25) is 10.0 Å². The molecule has 0 amide bonds. The third-order valence-corrected chi connectivity index (χ3v) is 7.96. The van der Waals surface area contributed by atoms with Crippen LogP contribution in [0.5, 0.6) is 5.75 Å². The molecule has 0 aromatic heterocycles. The molecule has 3 rings (SSSR count). The van der Waals surface area contributed by atoms with Crippen LogP contribution in [-0.2, 0) is 20.4 Å². The van der Waals surface area contributed by atoms with Gasteiger partial charge >= 0.3 is 7.60 Å². The molecule has 1 fully saturated rings. The lowest BCUT2D eigenvalue weighted by atomic mass is 10.1. The number of nitrogens with zero attached hydrogens (tertiary/aromatic N) is 1. The zero-order valence-corrected chi connectivity index (χ0v) is 21.5. The SMILES string of the molecule is CCC(C)OP(=O)(O)CCCN1CCOC(c2ccc(OCc3c(Cl)cccc3Cl)cc2)C1. The highest BCUT2D eigenvalue weighted by Gasteiger charge is 2.25. The van der Waals surface area contributed by atoms with Gasteiger partial charge in [0.15, 0.2) is 0 Å². The number of rotatable bonds is 11. The molecule has 3 atom stereocenters. The second-order valence-corrected chi connectivity index (χ2v) is 11.0. The summed E-state index contributed by atoms with van der Waals surface area (Å²) in [6, 6.07) is 13.2. The van der Waals surface area contributed by atoms with E-state index in [0.717, 1.165) is 36.5 Å². The van der Waals surface area contributed by atoms with Crippen LogP contribution in [0, 0.1) is 0 Å². The van der Waals surface area contributed by atoms with E-state index in [4.69, 9.17) is 37.2 Å². The number of hydrogen-bond donors (Lipinski definition) is 1. The fourth-order valence-electron chi connectivity index (χ4n) is 3.61. The zero-order chi connectivity index (χ0) is 23.8. The molecule has 9 heteroatoms. The fourth-order valence-corrected chi connectivity index (χ4v) is 5.48. The lowest BCUT2D eigenvalue weighted by Gasteiger charge is -2.33. The molecular formula is C24H32Cl2NO5P. The minimum absolute atomic E-state index is 0.0527. The Morgan fingerprint density at radius 1 is 1.21 bits per heavy atom. The maximum atomic E-state index is 12.2. The molecule has 1 N–H and O–H groups in total. The van der Waals surface area contributed by atoms with Crippen LogP contribution in [0.15, 0.2) is 42.5 Å². The van der Waals surface area contributed by atoms with Crippen LogP contribution < -0.4 is 4.74 Å². The predicted molar refractivity (Wildman–Crippen MR) is 133 cm³/mol. The van der Waals surface area contributed by atoms with E-state index in [9.17, 15) is 9.46 Å². The largest absolute Gasteiger partial charge is 0.489 e. The number of hydrogen-bond acceptors (Lipinski definition) is 5. The monoisotopic (exact) mass is 515 g/mol. The molecule has 0 radical (unpaired) electrons. The number of halogens is 2. The summed E-state index contributed by atoms with van der Waals surface area (Å²) in [5.74, 6) is 0.724. The topological polar surface area (TPSA) is 68.2 Å². The molecule has 182 valence electrons. The third-order valence-electron chi connectivity index (χ3n) is 5.68. The molecule has 1 saturated heterocycles. The van der Waals surface area contributed by atoms with Crippen molar-refractivity contribution < 1.29 is 23.5 Å². The van der Waals surface area contributed by atoms with Crippen molar-refractivity contribution in [1.82, 2.24) is 4.90 Å². The molecule has 0 saturated carbocycles. The first-order valence-corrected chi connectivity index (χ1v) is 13.8. The average Bonchev–Trinajstić information content (AvgIpc) is 2.79. The van der Waals surface area contributed by atoms with Crippen molar-refractivity contribution in [3.8, 4) is 5.75 Å². The maximum absolute atomic E-state index is 12.2. The van der Waals surface area contributed by atoms with E-state index in [-0.39, 0.29) is 18.4 Å². The van der Waals surface area contributed by atoms with Crippen LogP contribution in [-0.4, -0.2) is 48.3 Å². The second-order valence-electron chi connectivity index (χ2n) is 8.26. The number of benzene rings is 2. The van der Waals surface area contributed by atoms with Crippen molar-refractivity contribution in [3.05, 3.63) is 63.6 Å². The zero-order valence-electron chi connectivity index (χ0n) is 19.1. The highest BCUT2D eigenvalue weighted by Crippen LogP contribution is 2.44. The van der Waals surface area contributed by atoms with Gasteiger partial charge in [-0.15, -0.1) is 0 Å². The smallest absolute Gasteiger partial charge is 0.328 e. The molecule has 0 aliphatic carbocycles. The summed E-state index contributed by atoms with van der Waals surface area (Å²) >= 11 is 12.4. The van der Waals surface area contributed by atoms with E-state index < -0.39 is 7.60 Å². The van der Waals surface area contributed by atoms with Crippen LogP contribution in [0.25, 0.3) is 0 Å². The van der Waals surface area contributed by atoms with Gasteiger partial charge in [-0.25, -0.2) is 0 Å². The Hall–Kier alpha value is -1.11. The van der Waals surface area contributed by atoms with Crippen molar-refractivity contribution in [1.29, 1.82) is 0 Å². The molecule has 1 aliphatic heterocycles. The molecule has 33 heavy (non-hydrogen) atoms. The van der Waals surface area contributed by atoms with Crippen LogP contribution >= 0.6 is 30.8 Å². The Kier molecular flexibility index (Phi) is 10.1. The van der Waals surface area contributed by atoms with Gasteiger partial charge in [0.25, 0.3) is 0 Å². The van der Waals surface area contributed by atoms with E-state index in [1.54, 1.807) is 18.2 Å². The standard InChI is InChI=1S/C24H32Cl2NO5P/c1-3-18(2)32-33(28,29)15-5-12-27-13-14-30-24(16-27)19-8-10-20(11-9-19)31-17-21-22(25)6-4-7-23(21)26/h4,6-11,18,24H,3,5,12-17H2,1-2H3,(H,28,29). The Bertz CT molecular complexity index is 923. The minimum atomic E-state index is -3.54. The predicted octanol–water partition coefficient (Wildman–Crippen LogP) is 6.34. The van der Waals surface area contributed by atoms with E-state index in [2.05, 4.69) is 4.90 Å². The normalized spacial score (nSPS) is 19.7. The van der Waals surface area contributed by atoms with Crippen molar-refractivity contribution >= 4 is 30.8 Å². The lowest BCUT2D eigenvalue weighted by Crippen LogP contribution is -2.39. The van der Waals surface area contributed by atoms with Crippen molar-refractivity contribution in [3.63, 3.8) is 0 Å². The summed E-state index contributed by atoms with van der Waals surface area (Å²) < 4.78 is 29.3. The van der Waals surface area contributed by atoms with Crippen LogP contribution in [0.4, 0.5) is 0 Å². The van der Waals surface area contributed by atoms with Gasteiger partial charge in [0.2, 0.25) is 0 Å². The number of ether oxygens (including phenoxy) is 2. The highest BCUT2D eigenvalue weighted by atomic mass is 35.5. The summed E-state index contributed by atoms with van der Waals surface area (Å²) in [5, 5.41) is 1.16. The van der Waals surface area contributed by atoms with Gasteiger partial charge in [-0.05, 0) is 56.1 Å². The molecule has 0 spiro atoms. The molecular weight excluding hydrogens is 484 g/mol. The highest BCUT2D eigenvalue weighted by molar-refractivity contribution is 7.52. The Morgan fingerprint density at radius 2 is 1.91 bits per heavy atom. The quantitative estimate of drug-likeness (QED) is 0.352. The maximum Gasteiger partial charge on any atom is 0.328 e. The van der Waals surface area contributed by atoms with E-state index >= 15 is 0 Å². The van der Waals surface area contributed by atoms with Crippen molar-refractivity contribution in [2.24, 2.45) is 0 Å². The molecule has 2 aromatic rings. The van der Waals surface area contributed by atoms with Gasteiger partial charge in [-0.3, -0.25) is 9.46 Å². The van der Waals surface area contributed by atoms with Crippen molar-refractivity contribution in [2.45, 2.75) is 45.5 Å². The van der Waals surface area contributed by atoms with E-state index in [0.29, 0.717) is 36.1 Å². The van der Waals surface area contributed by atoms with E-state index in [1.165, 1.54) is 0 Å². The Morgan fingerprint density at radius 3 is 2.58 bits per heavy atom. The van der Waals surface area contributed by atoms with Crippen LogP contribution in [0.1, 0.15) is 43.9 Å². The summed E-state index contributed by atoms with van der Waals surface area (Å²) in [6.45, 7) is 6.93. The molecule has 6 nitrogen and oxygen atoms in total. The lowest BCUT2D eigenvalue weighted by molar-refractivity contribution is -0.0298. The molecule has 3 unspecified atom stereocenters. The van der Waals surface area contributed by atoms with Gasteiger partial charge in [-0.1, -0.05) is 48.3 Å². The second kappa shape index (κ2) is 12.6. The summed E-state index contributed by atoms with van der Waals surface area (Å²) in [6.07, 6.45) is 1.23. The van der Waals surface area contributed by atoms with Crippen LogP contribution in [0.3, 0.4) is 0 Å². The van der Waals surface area contributed by atoms with Gasteiger partial charge in [-0.2, -0.15) is 0 Å². The van der Waals surface area contributed by atoms with Crippen molar-refractivity contribution in [2.75, 3.05) is 32.4 Å². The first-order chi connectivity index (χ1) is 15.8. The summed E-state index contributed by atoms with van der Waals surface area (Å²) in [7, 11) is -3.54. The van der Waals surface area contributed by atoms with Gasteiger partial charge in [0.1, 0.15) is 12.4 Å². The molecule has 1 heterocycles. The molecule has 1 aliphatic rings. The summed E-state index contributed by atoms with van der Waals surface area (Å²) in [4.78, 5) is 12.3. The first-order valence-electron chi connectivity index (χ1n) is 11.3. The third kappa shape index (κ3) is 8.25. The fraction of sp³-hybridized carbons (Fsp3) is 0.500. The summed E-state index contributed by atoms with van der Waals surface area (Å²) in [5.41, 5.74) is 1.83. The molecule has 2 aromatic carbocycles. The Labute approximate surface area is 206 Å². The number of morpholine rings is 1. The van der Waals surface area contributed by atoms with E-state index in [1.807, 2.05) is 38.1 Å². The Balaban J connectivity index is 1.48.